The number of benzene rings is 2. The van der Waals surface area contributed by atoms with Gasteiger partial charge in [0.25, 0.3) is 6.29 Å². The van der Waals surface area contributed by atoms with Crippen LogP contribution in [-0.4, -0.2) is 31.3 Å². The maximum Gasteiger partial charge on any atom is 0.573 e. The molecule has 1 aliphatic heterocycles. The average molecular weight is 421 g/mol. The number of hydrogen-bond donors (Lipinski definition) is 1. The maximum absolute atomic E-state index is 12.5. The second-order valence-electron chi connectivity index (χ2n) is 5.95. The van der Waals surface area contributed by atoms with Crippen LogP contribution in [0.4, 0.5) is 26.3 Å². The summed E-state index contributed by atoms with van der Waals surface area (Å²) in [5.41, 5.74) is 1.40. The van der Waals surface area contributed by atoms with E-state index in [4.69, 9.17) is 4.74 Å². The van der Waals surface area contributed by atoms with Crippen LogP contribution in [0.25, 0.3) is 11.1 Å². The van der Waals surface area contributed by atoms with Gasteiger partial charge in [0.2, 0.25) is 0 Å². The van der Waals surface area contributed by atoms with Gasteiger partial charge < -0.3 is 19.5 Å². The quantitative estimate of drug-likeness (QED) is 0.596. The molecule has 1 aliphatic rings. The Morgan fingerprint density at radius 1 is 1.03 bits per heavy atom. The van der Waals surface area contributed by atoms with Crippen molar-refractivity contribution in [1.82, 2.24) is 5.32 Å². The highest BCUT2D eigenvalue weighted by Gasteiger charge is 2.43. The van der Waals surface area contributed by atoms with Gasteiger partial charge in [-0.25, -0.2) is 4.79 Å². The number of halogens is 6. The van der Waals surface area contributed by atoms with Gasteiger partial charge in [-0.15, -0.1) is 13.2 Å². The van der Waals surface area contributed by atoms with Crippen molar-refractivity contribution in [3.63, 3.8) is 0 Å². The lowest BCUT2D eigenvalue weighted by molar-refractivity contribution is -0.274. The summed E-state index contributed by atoms with van der Waals surface area (Å²) in [6, 6.07) is 9.76. The molecule has 1 N–H and O–H groups in total. The van der Waals surface area contributed by atoms with Crippen molar-refractivity contribution < 1.29 is 45.3 Å². The number of para-hydroxylation sites is 1. The molecule has 2 aromatic carbocycles. The number of hydrogen-bond acceptors (Lipinski definition) is 5. The Balaban J connectivity index is 1.87. The molecule has 5 nitrogen and oxygen atoms in total. The summed E-state index contributed by atoms with van der Waals surface area (Å²) in [6.07, 6.45) is -11.6. The van der Waals surface area contributed by atoms with E-state index in [0.29, 0.717) is 16.7 Å². The number of carbonyl (C=O) groups is 1. The van der Waals surface area contributed by atoms with Crippen LogP contribution < -0.4 is 14.8 Å². The van der Waals surface area contributed by atoms with E-state index >= 15 is 0 Å². The van der Waals surface area contributed by atoms with E-state index in [1.807, 2.05) is 0 Å². The first-order valence-corrected chi connectivity index (χ1v) is 8.16. The molecule has 1 atom stereocenters. The van der Waals surface area contributed by atoms with Gasteiger partial charge in [0.15, 0.2) is 0 Å². The topological polar surface area (TPSA) is 56.8 Å². The molecule has 0 bridgehead atoms. The highest BCUT2D eigenvalue weighted by Crippen LogP contribution is 2.36. The van der Waals surface area contributed by atoms with Crippen LogP contribution in [0.1, 0.15) is 5.56 Å². The van der Waals surface area contributed by atoms with Gasteiger partial charge in [-0.05, 0) is 17.7 Å². The monoisotopic (exact) mass is 421 g/mol. The summed E-state index contributed by atoms with van der Waals surface area (Å²) in [6.45, 7) is 0.0345. The summed E-state index contributed by atoms with van der Waals surface area (Å²) in [7, 11) is 0. The summed E-state index contributed by atoms with van der Waals surface area (Å²) in [5.74, 6) is -2.66. The number of rotatable bonds is 3. The van der Waals surface area contributed by atoms with Crippen molar-refractivity contribution in [2.75, 3.05) is 6.54 Å². The molecular weight excluding hydrogens is 408 g/mol. The molecule has 0 radical (unpaired) electrons. The summed E-state index contributed by atoms with van der Waals surface area (Å²) < 4.78 is 87.9. The first kappa shape index (κ1) is 20.8. The smallest absolute Gasteiger partial charge is 0.452 e. The van der Waals surface area contributed by atoms with Gasteiger partial charge in [-0.2, -0.15) is 13.2 Å². The van der Waals surface area contributed by atoms with Gasteiger partial charge in [0.1, 0.15) is 11.5 Å². The third-order valence-corrected chi connectivity index (χ3v) is 3.84. The molecule has 1 unspecified atom stereocenters. The lowest BCUT2D eigenvalue weighted by Crippen LogP contribution is -2.37. The largest absolute Gasteiger partial charge is 0.573 e. The molecule has 0 saturated carbocycles. The molecular formula is C18H13F6NO4. The van der Waals surface area contributed by atoms with Crippen molar-refractivity contribution in [3.05, 3.63) is 48.0 Å². The molecule has 0 spiro atoms. The predicted molar refractivity (Wildman–Crippen MR) is 86.8 cm³/mol. The molecule has 11 heteroatoms. The van der Waals surface area contributed by atoms with E-state index in [-0.39, 0.29) is 18.8 Å². The molecule has 1 heterocycles. The van der Waals surface area contributed by atoms with Gasteiger partial charge in [-0.3, -0.25) is 0 Å². The minimum absolute atomic E-state index is 0.155. The van der Waals surface area contributed by atoms with E-state index in [0.717, 1.165) is 12.1 Å². The number of alkyl halides is 6. The van der Waals surface area contributed by atoms with E-state index in [2.05, 4.69) is 14.8 Å². The van der Waals surface area contributed by atoms with Gasteiger partial charge in [0.05, 0.1) is 6.54 Å². The van der Waals surface area contributed by atoms with E-state index in [9.17, 15) is 31.1 Å². The van der Waals surface area contributed by atoms with E-state index in [1.54, 1.807) is 18.2 Å². The van der Waals surface area contributed by atoms with Crippen LogP contribution >= 0.6 is 0 Å². The van der Waals surface area contributed by atoms with Gasteiger partial charge in [-0.1, -0.05) is 30.3 Å². The zero-order valence-electron chi connectivity index (χ0n) is 14.4. The number of nitrogens with one attached hydrogen (secondary N) is 1. The standard InChI is InChI=1S/C18H13F6NO4/c19-17(20,21)16(26)28-14-9-25-8-11-2-1-3-13(15(11)27-14)10-4-6-12(7-5-10)29-18(22,23)24/h1-7,14,25H,8-9H2. The highest BCUT2D eigenvalue weighted by molar-refractivity contribution is 5.76. The van der Waals surface area contributed by atoms with Crippen LogP contribution in [-0.2, 0) is 16.1 Å². The summed E-state index contributed by atoms with van der Waals surface area (Å²) in [5, 5.41) is 2.81. The molecule has 0 saturated heterocycles. The van der Waals surface area contributed by atoms with Crippen LogP contribution in [0, 0.1) is 0 Å². The highest BCUT2D eigenvalue weighted by atomic mass is 19.4. The number of esters is 1. The molecule has 2 aromatic rings. The minimum Gasteiger partial charge on any atom is -0.452 e. The second-order valence-corrected chi connectivity index (χ2v) is 5.95. The molecule has 0 amide bonds. The Morgan fingerprint density at radius 2 is 1.72 bits per heavy atom. The molecule has 156 valence electrons. The average Bonchev–Trinajstić information content (AvgIpc) is 2.82. The van der Waals surface area contributed by atoms with Gasteiger partial charge in [0, 0.05) is 17.7 Å². The maximum atomic E-state index is 12.5. The Labute approximate surface area is 160 Å². The Bertz CT molecular complexity index is 879. The van der Waals surface area contributed by atoms with E-state index < -0.39 is 30.5 Å². The summed E-state index contributed by atoms with van der Waals surface area (Å²) in [4.78, 5) is 11.1. The van der Waals surface area contributed by atoms with Crippen molar-refractivity contribution in [2.45, 2.75) is 25.4 Å². The van der Waals surface area contributed by atoms with Crippen molar-refractivity contribution in [3.8, 4) is 22.6 Å². The van der Waals surface area contributed by atoms with Crippen molar-refractivity contribution in [2.24, 2.45) is 0 Å². The second kappa shape index (κ2) is 7.82. The normalized spacial score (nSPS) is 17.0. The summed E-state index contributed by atoms with van der Waals surface area (Å²) >= 11 is 0. The van der Waals surface area contributed by atoms with Gasteiger partial charge >= 0.3 is 18.5 Å². The lowest BCUT2D eigenvalue weighted by atomic mass is 10.0. The van der Waals surface area contributed by atoms with Crippen LogP contribution in [0.3, 0.4) is 0 Å². The zero-order chi connectivity index (χ0) is 21.2. The number of fused-ring (bicyclic) bond motifs is 1. The Kier molecular flexibility index (Phi) is 5.60. The number of ether oxygens (including phenoxy) is 3. The Hall–Kier alpha value is -2.95. The SMILES string of the molecule is O=C(OC1CNCc2cccc(-c3ccc(OC(F)(F)F)cc3)c2O1)C(F)(F)F. The fourth-order valence-electron chi connectivity index (χ4n) is 2.68. The third kappa shape index (κ3) is 5.31. The van der Waals surface area contributed by atoms with Crippen molar-refractivity contribution in [1.29, 1.82) is 0 Å². The zero-order valence-corrected chi connectivity index (χ0v) is 14.4. The fraction of sp³-hybridized carbons (Fsp3) is 0.278. The van der Waals surface area contributed by atoms with Crippen LogP contribution in [0.15, 0.2) is 42.5 Å². The molecule has 0 aliphatic carbocycles. The first-order valence-electron chi connectivity index (χ1n) is 8.16. The minimum atomic E-state index is -5.17. The first-order chi connectivity index (χ1) is 13.5. The molecule has 0 fully saturated rings. The van der Waals surface area contributed by atoms with Crippen LogP contribution in [0.5, 0.6) is 11.5 Å². The molecule has 29 heavy (non-hydrogen) atoms. The van der Waals surface area contributed by atoms with E-state index in [1.165, 1.54) is 12.1 Å². The fourth-order valence-corrected chi connectivity index (χ4v) is 2.68. The van der Waals surface area contributed by atoms with Crippen molar-refractivity contribution >= 4 is 5.97 Å². The van der Waals surface area contributed by atoms with Crippen LogP contribution in [0.2, 0.25) is 0 Å². The molecule has 3 rings (SSSR count). The molecule has 0 aromatic heterocycles. The Morgan fingerprint density at radius 3 is 2.34 bits per heavy atom. The number of carbonyl (C=O) groups excluding carboxylic acids is 1. The predicted octanol–water partition coefficient (Wildman–Crippen LogP) is 4.17. The third-order valence-electron chi connectivity index (χ3n) is 3.84. The lowest BCUT2D eigenvalue weighted by Gasteiger charge is -2.20.